The van der Waals surface area contributed by atoms with Crippen LogP contribution in [0.3, 0.4) is 0 Å². The smallest absolute Gasteiger partial charge is 0.326 e. The Balaban J connectivity index is 2.20. The van der Waals surface area contributed by atoms with Crippen molar-refractivity contribution in [2.45, 2.75) is 84.8 Å². The molecule has 1 aliphatic heterocycles. The third kappa shape index (κ3) is 9.96. The van der Waals surface area contributed by atoms with E-state index in [9.17, 15) is 29.4 Å². The Labute approximate surface area is 225 Å². The van der Waals surface area contributed by atoms with Crippen molar-refractivity contribution in [3.05, 3.63) is 29.8 Å². The van der Waals surface area contributed by atoms with Crippen LogP contribution in [-0.4, -0.2) is 65.1 Å². The first-order chi connectivity index (χ1) is 17.8. The summed E-state index contributed by atoms with van der Waals surface area (Å²) in [5.74, 6) is -2.91. The van der Waals surface area contributed by atoms with Crippen molar-refractivity contribution < 1.29 is 29.4 Å². The molecular weight excluding hydrogens is 488 g/mol. The van der Waals surface area contributed by atoms with E-state index < -0.39 is 35.9 Å². The van der Waals surface area contributed by atoms with Crippen LogP contribution in [0.5, 0.6) is 5.75 Å². The fraction of sp³-hybridized carbons (Fsp3) is 0.643. The quantitative estimate of drug-likeness (QED) is 0.227. The minimum atomic E-state index is -1.13. The van der Waals surface area contributed by atoms with Gasteiger partial charge in [-0.1, -0.05) is 53.2 Å². The van der Waals surface area contributed by atoms with Crippen LogP contribution in [0.15, 0.2) is 24.3 Å². The molecule has 0 aromatic heterocycles. The lowest BCUT2D eigenvalue weighted by Gasteiger charge is -2.29. The van der Waals surface area contributed by atoms with Crippen LogP contribution in [0.25, 0.3) is 0 Å². The van der Waals surface area contributed by atoms with Crippen LogP contribution < -0.4 is 21.3 Å². The average Bonchev–Trinajstić information content (AvgIpc) is 3.39. The van der Waals surface area contributed by atoms with Crippen molar-refractivity contribution in [1.29, 1.82) is 0 Å². The fourth-order valence-electron chi connectivity index (χ4n) is 4.30. The summed E-state index contributed by atoms with van der Waals surface area (Å²) in [6, 6.07) is 3.35. The molecule has 3 amide bonds. The summed E-state index contributed by atoms with van der Waals surface area (Å²) in [6.45, 7) is 11.0. The van der Waals surface area contributed by atoms with E-state index in [-0.39, 0.29) is 41.7 Å². The Morgan fingerprint density at radius 1 is 1.03 bits per heavy atom. The monoisotopic (exact) mass is 532 g/mol. The molecule has 1 aromatic rings. The first kappa shape index (κ1) is 31.1. The van der Waals surface area contributed by atoms with Crippen LogP contribution in [0.4, 0.5) is 0 Å². The fourth-order valence-corrected chi connectivity index (χ4v) is 4.30. The maximum Gasteiger partial charge on any atom is 0.326 e. The zero-order valence-corrected chi connectivity index (χ0v) is 23.2. The summed E-state index contributed by atoms with van der Waals surface area (Å²) >= 11 is 0. The highest BCUT2D eigenvalue weighted by molar-refractivity contribution is 5.94. The van der Waals surface area contributed by atoms with Crippen LogP contribution >= 0.6 is 0 Å². The molecule has 10 nitrogen and oxygen atoms in total. The predicted molar refractivity (Wildman–Crippen MR) is 144 cm³/mol. The molecule has 1 aromatic carbocycles. The van der Waals surface area contributed by atoms with Crippen molar-refractivity contribution in [3.8, 4) is 5.75 Å². The maximum absolute atomic E-state index is 13.5. The number of aliphatic carboxylic acids is 1. The number of carbonyl (C=O) groups excluding carboxylic acids is 3. The zero-order valence-electron chi connectivity index (χ0n) is 23.2. The number of amides is 3. The number of benzene rings is 1. The van der Waals surface area contributed by atoms with E-state index in [0.29, 0.717) is 25.8 Å². The minimum Gasteiger partial charge on any atom is -0.508 e. The number of rotatable bonds is 13. The van der Waals surface area contributed by atoms with E-state index in [2.05, 4.69) is 21.3 Å². The SMILES string of the molecule is CC[C@H](C)[C@H](NC(=O)[C@H](Cc1ccc(O)cc1)NC(=O)[C@H]1CCNC1)C(=O)N[C@@H](CCC(C)(C)C)C(=O)O. The van der Waals surface area contributed by atoms with E-state index in [1.165, 1.54) is 12.1 Å². The lowest BCUT2D eigenvalue weighted by atomic mass is 9.88. The van der Waals surface area contributed by atoms with Gasteiger partial charge in [-0.2, -0.15) is 0 Å². The predicted octanol–water partition coefficient (Wildman–Crippen LogP) is 1.96. The van der Waals surface area contributed by atoms with Crippen LogP contribution in [-0.2, 0) is 25.6 Å². The van der Waals surface area contributed by atoms with Crippen LogP contribution in [0.2, 0.25) is 0 Å². The van der Waals surface area contributed by atoms with E-state index in [1.807, 2.05) is 34.6 Å². The van der Waals surface area contributed by atoms with Crippen LogP contribution in [0.1, 0.15) is 65.9 Å². The Bertz CT molecular complexity index is 953. The molecule has 0 aliphatic carbocycles. The van der Waals surface area contributed by atoms with Gasteiger partial charge in [-0.25, -0.2) is 4.79 Å². The highest BCUT2D eigenvalue weighted by Gasteiger charge is 2.34. The number of carboxylic acids is 1. The Morgan fingerprint density at radius 3 is 2.21 bits per heavy atom. The van der Waals surface area contributed by atoms with Crippen molar-refractivity contribution in [3.63, 3.8) is 0 Å². The second-order valence-corrected chi connectivity index (χ2v) is 11.5. The van der Waals surface area contributed by atoms with E-state index >= 15 is 0 Å². The number of phenolic OH excluding ortho intramolecular Hbond substituents is 1. The molecule has 0 radical (unpaired) electrons. The second-order valence-electron chi connectivity index (χ2n) is 11.5. The molecule has 0 saturated carbocycles. The van der Waals surface area contributed by atoms with E-state index in [1.54, 1.807) is 12.1 Å². The lowest BCUT2D eigenvalue weighted by Crippen LogP contribution is -2.58. The van der Waals surface area contributed by atoms with Gasteiger partial charge in [0.2, 0.25) is 17.7 Å². The maximum atomic E-state index is 13.5. The van der Waals surface area contributed by atoms with Crippen molar-refractivity contribution >= 4 is 23.7 Å². The minimum absolute atomic E-state index is 0.0868. The second kappa shape index (κ2) is 14.1. The summed E-state index contributed by atoms with van der Waals surface area (Å²) in [4.78, 5) is 51.5. The zero-order chi connectivity index (χ0) is 28.5. The van der Waals surface area contributed by atoms with Gasteiger partial charge in [0.1, 0.15) is 23.9 Å². The van der Waals surface area contributed by atoms with Crippen LogP contribution in [0, 0.1) is 17.3 Å². The van der Waals surface area contributed by atoms with Gasteiger partial charge in [0.15, 0.2) is 0 Å². The van der Waals surface area contributed by atoms with Gasteiger partial charge in [-0.3, -0.25) is 14.4 Å². The largest absolute Gasteiger partial charge is 0.508 e. The number of aromatic hydroxyl groups is 1. The average molecular weight is 533 g/mol. The molecule has 0 bridgehead atoms. The molecular formula is C28H44N4O6. The van der Waals surface area contributed by atoms with Crippen molar-refractivity contribution in [2.24, 2.45) is 17.3 Å². The van der Waals surface area contributed by atoms with Gasteiger partial charge >= 0.3 is 5.97 Å². The topological polar surface area (TPSA) is 157 Å². The van der Waals surface area contributed by atoms with Gasteiger partial charge in [-0.15, -0.1) is 0 Å². The first-order valence-electron chi connectivity index (χ1n) is 13.4. The molecule has 212 valence electrons. The molecule has 2 rings (SSSR count). The first-order valence-corrected chi connectivity index (χ1v) is 13.4. The lowest BCUT2D eigenvalue weighted by molar-refractivity contribution is -0.143. The summed E-state index contributed by atoms with van der Waals surface area (Å²) in [5.41, 5.74) is 0.627. The Kier molecular flexibility index (Phi) is 11.6. The molecule has 5 atom stereocenters. The molecule has 1 aliphatic rings. The normalized spacial score (nSPS) is 18.6. The van der Waals surface area contributed by atoms with Gasteiger partial charge in [0.05, 0.1) is 5.92 Å². The Morgan fingerprint density at radius 2 is 1.68 bits per heavy atom. The van der Waals surface area contributed by atoms with E-state index in [0.717, 1.165) is 12.1 Å². The number of carbonyl (C=O) groups is 4. The molecule has 38 heavy (non-hydrogen) atoms. The van der Waals surface area contributed by atoms with Gasteiger partial charge in [-0.05, 0) is 54.8 Å². The number of phenols is 1. The van der Waals surface area contributed by atoms with Crippen molar-refractivity contribution in [2.75, 3.05) is 13.1 Å². The number of carboxylic acid groups (broad SMARTS) is 1. The molecule has 6 N–H and O–H groups in total. The molecule has 10 heteroatoms. The van der Waals surface area contributed by atoms with Gasteiger partial charge < -0.3 is 31.5 Å². The Hall–Kier alpha value is -3.14. The standard InChI is InChI=1S/C28H44N4O6/c1-6-17(2)23(26(36)30-21(27(37)38)11-13-28(3,4)5)32-25(35)22(15-18-7-9-20(33)10-8-18)31-24(34)19-12-14-29-16-19/h7-10,17,19,21-23,29,33H,6,11-16H2,1-5H3,(H,30,36)(H,31,34)(H,32,35)(H,37,38)/t17-,19-,21-,22-,23-/m0/s1. The molecule has 0 unspecified atom stereocenters. The summed E-state index contributed by atoms with van der Waals surface area (Å²) in [5, 5.41) is 30.7. The molecule has 0 spiro atoms. The number of hydrogen-bond acceptors (Lipinski definition) is 6. The third-order valence-electron chi connectivity index (χ3n) is 7.03. The third-order valence-corrected chi connectivity index (χ3v) is 7.03. The molecule has 1 heterocycles. The molecule has 1 saturated heterocycles. The summed E-state index contributed by atoms with van der Waals surface area (Å²) < 4.78 is 0. The van der Waals surface area contributed by atoms with Crippen molar-refractivity contribution in [1.82, 2.24) is 21.3 Å². The summed E-state index contributed by atoms with van der Waals surface area (Å²) in [7, 11) is 0. The highest BCUT2D eigenvalue weighted by atomic mass is 16.4. The molecule has 1 fully saturated rings. The number of hydrogen-bond donors (Lipinski definition) is 6. The number of nitrogens with one attached hydrogen (secondary N) is 4. The highest BCUT2D eigenvalue weighted by Crippen LogP contribution is 2.22. The van der Waals surface area contributed by atoms with E-state index in [4.69, 9.17) is 0 Å². The van der Waals surface area contributed by atoms with Gasteiger partial charge in [0.25, 0.3) is 0 Å². The summed E-state index contributed by atoms with van der Waals surface area (Å²) in [6.07, 6.45) is 2.27. The van der Waals surface area contributed by atoms with Gasteiger partial charge in [0, 0.05) is 13.0 Å².